The van der Waals surface area contributed by atoms with E-state index in [1.807, 2.05) is 30.3 Å². The lowest BCUT2D eigenvalue weighted by Gasteiger charge is -2.23. The maximum atomic E-state index is 11.6. The Morgan fingerprint density at radius 2 is 2.32 bits per heavy atom. The van der Waals surface area contributed by atoms with E-state index in [4.69, 9.17) is 21.6 Å². The summed E-state index contributed by atoms with van der Waals surface area (Å²) >= 11 is 6.00. The van der Waals surface area contributed by atoms with Crippen molar-refractivity contribution < 1.29 is 9.53 Å². The fourth-order valence-electron chi connectivity index (χ4n) is 1.70. The Hall–Kier alpha value is -1.73. The minimum absolute atomic E-state index is 0.0635. The highest BCUT2D eigenvalue weighted by Gasteiger charge is 2.15. The number of rotatable bonds is 6. The molecule has 0 bridgehead atoms. The number of carbonyl (C=O) groups excluding carboxylic acids is 1. The van der Waals surface area contributed by atoms with Gasteiger partial charge in [0.25, 0.3) is 0 Å². The van der Waals surface area contributed by atoms with Crippen LogP contribution < -0.4 is 4.74 Å². The lowest BCUT2D eigenvalue weighted by molar-refractivity contribution is -0.129. The second-order valence-electron chi connectivity index (χ2n) is 4.21. The zero-order valence-electron chi connectivity index (χ0n) is 11.1. The van der Waals surface area contributed by atoms with Gasteiger partial charge in [-0.05, 0) is 17.7 Å². The summed E-state index contributed by atoms with van der Waals surface area (Å²) in [5, 5.41) is 8.24. The molecule has 0 saturated carbocycles. The van der Waals surface area contributed by atoms with Crippen LogP contribution in [0.4, 0.5) is 0 Å². The summed E-state index contributed by atoms with van der Waals surface area (Å²) in [6, 6.07) is 9.53. The van der Waals surface area contributed by atoms with E-state index in [-0.39, 0.29) is 17.7 Å². The molecule has 0 heterocycles. The van der Waals surface area contributed by atoms with Gasteiger partial charge in [-0.25, -0.2) is 0 Å². The van der Waals surface area contributed by atoms with Crippen molar-refractivity contribution in [3.8, 4) is 11.8 Å². The van der Waals surface area contributed by atoms with E-state index in [0.29, 0.717) is 13.1 Å². The minimum atomic E-state index is -0.348. The lowest BCUT2D eigenvalue weighted by Crippen LogP contribution is -2.33. The van der Waals surface area contributed by atoms with Gasteiger partial charge in [-0.2, -0.15) is 5.26 Å². The molecule has 4 nitrogen and oxygen atoms in total. The molecule has 1 unspecified atom stereocenters. The number of methoxy groups -OCH3 is 1. The van der Waals surface area contributed by atoms with Crippen molar-refractivity contribution in [3.05, 3.63) is 29.8 Å². The average molecular weight is 281 g/mol. The summed E-state index contributed by atoms with van der Waals surface area (Å²) in [5.74, 6) is 0.687. The topological polar surface area (TPSA) is 53.3 Å². The zero-order chi connectivity index (χ0) is 14.3. The molecule has 0 aliphatic rings. The zero-order valence-corrected chi connectivity index (χ0v) is 11.9. The molecule has 0 aliphatic carbocycles. The average Bonchev–Trinajstić information content (AvgIpc) is 2.38. The van der Waals surface area contributed by atoms with Crippen LogP contribution in [0.2, 0.25) is 0 Å². The van der Waals surface area contributed by atoms with Crippen molar-refractivity contribution in [2.45, 2.75) is 25.3 Å². The summed E-state index contributed by atoms with van der Waals surface area (Å²) in [7, 11) is 1.60. The van der Waals surface area contributed by atoms with E-state index < -0.39 is 0 Å². The number of carbonyl (C=O) groups is 1. The van der Waals surface area contributed by atoms with Gasteiger partial charge < -0.3 is 9.64 Å². The van der Waals surface area contributed by atoms with Crippen molar-refractivity contribution in [3.63, 3.8) is 0 Å². The summed E-state index contributed by atoms with van der Waals surface area (Å²) < 4.78 is 5.14. The van der Waals surface area contributed by atoms with Gasteiger partial charge in [-0.15, -0.1) is 11.6 Å². The summed E-state index contributed by atoms with van der Waals surface area (Å²) in [6.45, 7) is 2.32. The van der Waals surface area contributed by atoms with Crippen LogP contribution in [0, 0.1) is 11.3 Å². The van der Waals surface area contributed by atoms with Crippen molar-refractivity contribution in [1.82, 2.24) is 4.90 Å². The van der Waals surface area contributed by atoms with Crippen molar-refractivity contribution in [2.24, 2.45) is 0 Å². The van der Waals surface area contributed by atoms with Gasteiger partial charge in [0.15, 0.2) is 0 Å². The van der Waals surface area contributed by atoms with E-state index in [2.05, 4.69) is 0 Å². The van der Waals surface area contributed by atoms with Gasteiger partial charge in [0.1, 0.15) is 5.75 Å². The van der Waals surface area contributed by atoms with Crippen LogP contribution in [-0.4, -0.2) is 29.8 Å². The Morgan fingerprint density at radius 1 is 1.58 bits per heavy atom. The molecule has 0 N–H and O–H groups in total. The molecular weight excluding hydrogens is 264 g/mol. The van der Waals surface area contributed by atoms with Gasteiger partial charge in [0.2, 0.25) is 5.91 Å². The first-order chi connectivity index (χ1) is 9.06. The van der Waals surface area contributed by atoms with E-state index in [9.17, 15) is 4.79 Å². The molecule has 1 atom stereocenters. The molecule has 1 aromatic rings. The maximum Gasteiger partial charge on any atom is 0.219 e. The van der Waals surface area contributed by atoms with Gasteiger partial charge in [-0.3, -0.25) is 4.79 Å². The third kappa shape index (κ3) is 5.19. The molecule has 1 amide bonds. The van der Waals surface area contributed by atoms with Gasteiger partial charge in [-0.1, -0.05) is 12.1 Å². The third-order valence-corrected chi connectivity index (χ3v) is 2.98. The van der Waals surface area contributed by atoms with E-state index >= 15 is 0 Å². The highest BCUT2D eigenvalue weighted by Crippen LogP contribution is 2.15. The largest absolute Gasteiger partial charge is 0.497 e. The number of hydrogen-bond donors (Lipinski definition) is 0. The standard InChI is InChI=1S/C14H17ClN2O2/c1-11(18)17(10-13(15)6-7-16)9-12-4-3-5-14(8-12)19-2/h3-5,8,13H,6,9-10H2,1-2H3. The number of nitrogens with zero attached hydrogens (tertiary/aromatic N) is 2. The first kappa shape index (κ1) is 15.3. The molecule has 19 heavy (non-hydrogen) atoms. The lowest BCUT2D eigenvalue weighted by atomic mass is 10.2. The van der Waals surface area contributed by atoms with Gasteiger partial charge in [0.05, 0.1) is 25.0 Å². The Balaban J connectivity index is 2.72. The second-order valence-corrected chi connectivity index (χ2v) is 4.83. The second kappa shape index (κ2) is 7.65. The summed E-state index contributed by atoms with van der Waals surface area (Å²) in [6.07, 6.45) is 0.226. The number of amides is 1. The fraction of sp³-hybridized carbons (Fsp3) is 0.429. The predicted molar refractivity (Wildman–Crippen MR) is 74.0 cm³/mol. The van der Waals surface area contributed by atoms with E-state index in [0.717, 1.165) is 11.3 Å². The Morgan fingerprint density at radius 3 is 2.89 bits per heavy atom. The first-order valence-electron chi connectivity index (χ1n) is 5.96. The Labute approximate surface area is 118 Å². The Kier molecular flexibility index (Phi) is 6.17. The molecule has 0 aliphatic heterocycles. The number of halogens is 1. The quantitative estimate of drug-likeness (QED) is 0.753. The molecule has 1 aromatic carbocycles. The number of benzene rings is 1. The highest BCUT2D eigenvalue weighted by molar-refractivity contribution is 6.21. The van der Waals surface area contributed by atoms with Crippen LogP contribution in [0.3, 0.4) is 0 Å². The third-order valence-electron chi connectivity index (χ3n) is 2.68. The maximum absolute atomic E-state index is 11.6. The molecule has 0 radical (unpaired) electrons. The Bertz CT molecular complexity index is 471. The molecule has 5 heteroatoms. The summed E-state index contributed by atoms with van der Waals surface area (Å²) in [5.41, 5.74) is 0.968. The van der Waals surface area contributed by atoms with Crippen LogP contribution in [0.25, 0.3) is 0 Å². The number of alkyl halides is 1. The van der Waals surface area contributed by atoms with Gasteiger partial charge in [0, 0.05) is 20.0 Å². The fourth-order valence-corrected chi connectivity index (χ4v) is 1.93. The van der Waals surface area contributed by atoms with E-state index in [1.54, 1.807) is 12.0 Å². The number of nitriles is 1. The van der Waals surface area contributed by atoms with Gasteiger partial charge >= 0.3 is 0 Å². The molecular formula is C14H17ClN2O2. The SMILES string of the molecule is COc1cccc(CN(CC(Cl)CC#N)C(C)=O)c1. The molecule has 0 aromatic heterocycles. The predicted octanol–water partition coefficient (Wildman–Crippen LogP) is 2.56. The highest BCUT2D eigenvalue weighted by atomic mass is 35.5. The van der Waals surface area contributed by atoms with Crippen LogP contribution >= 0.6 is 11.6 Å². The van der Waals surface area contributed by atoms with E-state index in [1.165, 1.54) is 6.92 Å². The summed E-state index contributed by atoms with van der Waals surface area (Å²) in [4.78, 5) is 13.2. The smallest absolute Gasteiger partial charge is 0.219 e. The molecule has 1 rings (SSSR count). The number of ether oxygens (including phenoxy) is 1. The normalized spacial score (nSPS) is 11.5. The number of hydrogen-bond acceptors (Lipinski definition) is 3. The van der Waals surface area contributed by atoms with Crippen LogP contribution in [0.15, 0.2) is 24.3 Å². The molecule has 0 fully saturated rings. The monoisotopic (exact) mass is 280 g/mol. The van der Waals surface area contributed by atoms with Crippen molar-refractivity contribution >= 4 is 17.5 Å². The first-order valence-corrected chi connectivity index (χ1v) is 6.40. The molecule has 102 valence electrons. The molecule has 0 spiro atoms. The van der Waals surface area contributed by atoms with Crippen LogP contribution in [0.5, 0.6) is 5.75 Å². The van der Waals surface area contributed by atoms with Crippen molar-refractivity contribution in [2.75, 3.05) is 13.7 Å². The minimum Gasteiger partial charge on any atom is -0.497 e. The van der Waals surface area contributed by atoms with Crippen molar-refractivity contribution in [1.29, 1.82) is 5.26 Å². The van der Waals surface area contributed by atoms with Crippen LogP contribution in [-0.2, 0) is 11.3 Å². The van der Waals surface area contributed by atoms with Crippen LogP contribution in [0.1, 0.15) is 18.9 Å². The molecule has 0 saturated heterocycles.